The molecule has 2 aliphatic rings. The monoisotopic (exact) mass is 257 g/mol. The molecule has 0 spiro atoms. The number of thioether (sulfide) groups is 1. The van der Waals surface area contributed by atoms with Gasteiger partial charge in [0.25, 0.3) is 0 Å². The van der Waals surface area contributed by atoms with Gasteiger partial charge in [0.2, 0.25) is 0 Å². The lowest BCUT2D eigenvalue weighted by molar-refractivity contribution is 0.644. The van der Waals surface area contributed by atoms with Crippen molar-refractivity contribution in [3.05, 3.63) is 48.6 Å². The second kappa shape index (κ2) is 5.23. The van der Waals surface area contributed by atoms with Gasteiger partial charge in [-0.3, -0.25) is 0 Å². The number of hydrogen-bond acceptors (Lipinski definition) is 2. The van der Waals surface area contributed by atoms with Crippen LogP contribution in [0.1, 0.15) is 19.8 Å². The van der Waals surface area contributed by atoms with Gasteiger partial charge in [0, 0.05) is 11.4 Å². The van der Waals surface area contributed by atoms with Crippen molar-refractivity contribution in [2.75, 3.05) is 11.4 Å². The van der Waals surface area contributed by atoms with Crippen LogP contribution in [0, 0.1) is 0 Å². The average molecular weight is 257 g/mol. The normalized spacial score (nSPS) is 24.8. The first-order chi connectivity index (χ1) is 8.90. The summed E-state index contributed by atoms with van der Waals surface area (Å²) in [6, 6.07) is 9.34. The highest BCUT2D eigenvalue weighted by molar-refractivity contribution is 8.00. The van der Waals surface area contributed by atoms with E-state index in [9.17, 15) is 0 Å². The largest absolute Gasteiger partial charge is 0.363 e. The Kier molecular flexibility index (Phi) is 3.46. The molecule has 0 radical (unpaired) electrons. The van der Waals surface area contributed by atoms with Gasteiger partial charge in [0.1, 0.15) is 0 Å². The van der Waals surface area contributed by atoms with E-state index < -0.39 is 0 Å². The molecule has 0 saturated carbocycles. The summed E-state index contributed by atoms with van der Waals surface area (Å²) in [7, 11) is 0. The van der Waals surface area contributed by atoms with Gasteiger partial charge in [-0.05, 0) is 18.6 Å². The van der Waals surface area contributed by atoms with Crippen LogP contribution in [-0.2, 0) is 0 Å². The van der Waals surface area contributed by atoms with Gasteiger partial charge < -0.3 is 4.90 Å². The third-order valence-corrected chi connectivity index (χ3v) is 4.91. The lowest BCUT2D eigenvalue weighted by atomic mass is 10.0. The molecular formula is C16H19NS. The first-order valence-corrected chi connectivity index (χ1v) is 7.65. The molecule has 0 saturated heterocycles. The predicted molar refractivity (Wildman–Crippen MR) is 80.4 cm³/mol. The van der Waals surface area contributed by atoms with Crippen molar-refractivity contribution in [3.8, 4) is 0 Å². The van der Waals surface area contributed by atoms with E-state index in [0.29, 0.717) is 11.3 Å². The maximum atomic E-state index is 2.58. The summed E-state index contributed by atoms with van der Waals surface area (Å²) >= 11 is 2.00. The Balaban J connectivity index is 1.96. The highest BCUT2D eigenvalue weighted by atomic mass is 32.2. The van der Waals surface area contributed by atoms with Gasteiger partial charge in [0.05, 0.1) is 17.0 Å². The molecule has 3 rings (SSSR count). The summed E-state index contributed by atoms with van der Waals surface area (Å²) in [5.41, 5.74) is 1.41. The third-order valence-electron chi connectivity index (χ3n) is 3.61. The minimum atomic E-state index is 0.529. The number of benzene rings is 1. The minimum absolute atomic E-state index is 0.529. The number of para-hydroxylation sites is 1. The van der Waals surface area contributed by atoms with E-state index in [1.165, 1.54) is 23.4 Å². The van der Waals surface area contributed by atoms with E-state index >= 15 is 0 Å². The number of allylic oxidation sites excluding steroid dienone is 2. The van der Waals surface area contributed by atoms with Crippen LogP contribution in [0.4, 0.5) is 5.69 Å². The van der Waals surface area contributed by atoms with Crippen LogP contribution in [0.25, 0.3) is 0 Å². The van der Waals surface area contributed by atoms with E-state index in [4.69, 9.17) is 0 Å². The van der Waals surface area contributed by atoms with Gasteiger partial charge in [0.15, 0.2) is 0 Å². The topological polar surface area (TPSA) is 3.24 Å². The molecule has 1 aliphatic carbocycles. The average Bonchev–Trinajstić information content (AvgIpc) is 2.43. The molecule has 2 heteroatoms. The second-order valence-corrected chi connectivity index (χ2v) is 6.08. The van der Waals surface area contributed by atoms with Crippen molar-refractivity contribution in [2.45, 2.75) is 36.0 Å². The van der Waals surface area contributed by atoms with Gasteiger partial charge >= 0.3 is 0 Å². The Morgan fingerprint density at radius 1 is 1.17 bits per heavy atom. The lowest BCUT2D eigenvalue weighted by Crippen LogP contribution is -2.44. The second-order valence-electron chi connectivity index (χ2n) is 4.86. The summed E-state index contributed by atoms with van der Waals surface area (Å²) in [5.74, 6) is 0. The Bertz CT molecular complexity index is 478. The van der Waals surface area contributed by atoms with Crippen molar-refractivity contribution in [1.29, 1.82) is 0 Å². The van der Waals surface area contributed by atoms with Crippen molar-refractivity contribution in [2.24, 2.45) is 0 Å². The zero-order chi connectivity index (χ0) is 12.4. The fourth-order valence-corrected chi connectivity index (χ4v) is 3.97. The highest BCUT2D eigenvalue weighted by Gasteiger charge is 2.32. The molecule has 18 heavy (non-hydrogen) atoms. The van der Waals surface area contributed by atoms with Crippen LogP contribution in [-0.4, -0.2) is 17.8 Å². The highest BCUT2D eigenvalue weighted by Crippen LogP contribution is 2.43. The standard InChI is InChI=1S/C16H19NS/c1-2-3-12-17-13-8-4-6-10-15(13)18-16-11-7-5-9-14(16)17/h4-11,13,15H,2-3,12H2,1H3. The van der Waals surface area contributed by atoms with Crippen LogP contribution in [0.3, 0.4) is 0 Å². The summed E-state index contributed by atoms with van der Waals surface area (Å²) in [6.07, 6.45) is 11.6. The summed E-state index contributed by atoms with van der Waals surface area (Å²) < 4.78 is 0. The zero-order valence-corrected chi connectivity index (χ0v) is 11.6. The van der Waals surface area contributed by atoms with Crippen LogP contribution < -0.4 is 4.90 Å². The van der Waals surface area contributed by atoms with E-state index in [1.54, 1.807) is 0 Å². The van der Waals surface area contributed by atoms with E-state index in [2.05, 4.69) is 60.4 Å². The fraction of sp³-hybridized carbons (Fsp3) is 0.375. The SMILES string of the molecule is CCCCN1c2ccccc2SC2C=CC=CC21. The van der Waals surface area contributed by atoms with Crippen LogP contribution in [0.15, 0.2) is 53.5 Å². The van der Waals surface area contributed by atoms with Crippen LogP contribution in [0.5, 0.6) is 0 Å². The number of unbranched alkanes of at least 4 members (excludes halogenated alkanes) is 1. The van der Waals surface area contributed by atoms with Crippen LogP contribution >= 0.6 is 11.8 Å². The maximum Gasteiger partial charge on any atom is 0.0634 e. The number of fused-ring (bicyclic) bond motifs is 2. The number of anilines is 1. The summed E-state index contributed by atoms with van der Waals surface area (Å²) in [5, 5.41) is 0.571. The summed E-state index contributed by atoms with van der Waals surface area (Å²) in [6.45, 7) is 3.42. The van der Waals surface area contributed by atoms with Crippen LogP contribution in [0.2, 0.25) is 0 Å². The van der Waals surface area contributed by atoms with E-state index in [-0.39, 0.29) is 0 Å². The van der Waals surface area contributed by atoms with Crippen molar-refractivity contribution >= 4 is 17.4 Å². The van der Waals surface area contributed by atoms with E-state index in [1.807, 2.05) is 11.8 Å². The molecule has 2 unspecified atom stereocenters. The fourth-order valence-electron chi connectivity index (χ4n) is 2.66. The number of nitrogens with zero attached hydrogens (tertiary/aromatic N) is 1. The third kappa shape index (κ3) is 2.10. The minimum Gasteiger partial charge on any atom is -0.363 e. The first-order valence-electron chi connectivity index (χ1n) is 6.77. The molecule has 1 nitrogen and oxygen atoms in total. The predicted octanol–water partition coefficient (Wildman–Crippen LogP) is 4.26. The first kappa shape index (κ1) is 11.9. The maximum absolute atomic E-state index is 2.58. The van der Waals surface area contributed by atoms with E-state index in [0.717, 1.165) is 6.54 Å². The van der Waals surface area contributed by atoms with Crippen molar-refractivity contribution < 1.29 is 0 Å². The Morgan fingerprint density at radius 2 is 2.00 bits per heavy atom. The summed E-state index contributed by atoms with van der Waals surface area (Å²) in [4.78, 5) is 4.01. The molecule has 0 fully saturated rings. The molecule has 94 valence electrons. The lowest BCUT2D eigenvalue weighted by Gasteiger charge is -2.42. The quantitative estimate of drug-likeness (QED) is 0.796. The smallest absolute Gasteiger partial charge is 0.0634 e. The van der Waals surface area contributed by atoms with Gasteiger partial charge in [-0.15, -0.1) is 11.8 Å². The Hall–Kier alpha value is -1.15. The molecular weight excluding hydrogens is 238 g/mol. The van der Waals surface area contributed by atoms with Crippen molar-refractivity contribution in [3.63, 3.8) is 0 Å². The molecule has 1 aromatic carbocycles. The van der Waals surface area contributed by atoms with Gasteiger partial charge in [-0.25, -0.2) is 0 Å². The Morgan fingerprint density at radius 3 is 2.89 bits per heavy atom. The molecule has 1 heterocycles. The molecule has 1 aliphatic heterocycles. The molecule has 0 aromatic heterocycles. The van der Waals surface area contributed by atoms with Crippen molar-refractivity contribution in [1.82, 2.24) is 0 Å². The molecule has 0 N–H and O–H groups in total. The molecule has 2 atom stereocenters. The Labute approximate surface area is 114 Å². The molecule has 0 bridgehead atoms. The van der Waals surface area contributed by atoms with Gasteiger partial charge in [-0.2, -0.15) is 0 Å². The number of rotatable bonds is 3. The van der Waals surface area contributed by atoms with Gasteiger partial charge in [-0.1, -0.05) is 49.8 Å². The zero-order valence-electron chi connectivity index (χ0n) is 10.8. The molecule has 1 aromatic rings. The number of hydrogen-bond donors (Lipinski definition) is 0. The molecule has 0 amide bonds.